The van der Waals surface area contributed by atoms with Gasteiger partial charge >= 0.3 is 0 Å². The van der Waals surface area contributed by atoms with Gasteiger partial charge in [-0.3, -0.25) is 0 Å². The van der Waals surface area contributed by atoms with E-state index in [0.29, 0.717) is 5.84 Å². The summed E-state index contributed by atoms with van der Waals surface area (Å²) in [6.07, 6.45) is 7.47. The average molecular weight is 435 g/mol. The number of rotatable bonds is 5. The molecule has 1 aromatic heterocycles. The van der Waals surface area contributed by atoms with Gasteiger partial charge in [0.15, 0.2) is 5.84 Å². The molecule has 2 heterocycles. The second-order valence-electron chi connectivity index (χ2n) is 7.97. The highest BCUT2D eigenvalue weighted by atomic mass is 19.1. The van der Waals surface area contributed by atoms with E-state index in [9.17, 15) is 9.60 Å². The van der Waals surface area contributed by atoms with E-state index < -0.39 is 0 Å². The zero-order chi connectivity index (χ0) is 22.7. The molecular formula is C25H27FN4O2. The number of nitrogens with zero attached hydrogens (tertiary/aromatic N) is 4. The minimum Gasteiger partial charge on any atom is -0.495 e. The molecule has 3 aromatic rings. The van der Waals surface area contributed by atoms with Crippen LogP contribution in [0.3, 0.4) is 0 Å². The Hall–Kier alpha value is -3.61. The lowest BCUT2D eigenvalue weighted by Crippen LogP contribution is -2.39. The number of oxime groups is 1. The van der Waals surface area contributed by atoms with Crippen LogP contribution in [0, 0.1) is 12.7 Å². The molecule has 0 spiro atoms. The number of methoxy groups -OCH3 is 1. The number of ether oxygens (including phenoxy) is 1. The van der Waals surface area contributed by atoms with Gasteiger partial charge in [0.05, 0.1) is 30.9 Å². The van der Waals surface area contributed by atoms with Crippen LogP contribution in [-0.4, -0.2) is 39.1 Å². The topological polar surface area (TPSA) is 62.9 Å². The van der Waals surface area contributed by atoms with E-state index in [4.69, 9.17) is 4.74 Å². The maximum atomic E-state index is 13.3. The molecule has 1 unspecified atom stereocenters. The van der Waals surface area contributed by atoms with Crippen LogP contribution >= 0.6 is 0 Å². The lowest BCUT2D eigenvalue weighted by Gasteiger charge is -2.36. The third-order valence-electron chi connectivity index (χ3n) is 5.85. The highest BCUT2D eigenvalue weighted by Crippen LogP contribution is 2.31. The number of aromatic nitrogens is 2. The molecule has 166 valence electrons. The Balaban J connectivity index is 1.63. The van der Waals surface area contributed by atoms with Crippen molar-refractivity contribution in [2.45, 2.75) is 32.7 Å². The standard InChI is InChI=1S/C25H27FN4O2/c1-17-15-29(16-27-17)23-11-6-19(14-24(23)32-3)13-21-5-4-12-30(25(21)28-31)18(2)20-7-9-22(26)10-8-20/h6-11,13-16,18,31H,4-5,12H2,1-3H3/b21-13+,28-25+. The Labute approximate surface area is 187 Å². The van der Waals surface area contributed by atoms with Crippen molar-refractivity contribution < 1.29 is 14.3 Å². The van der Waals surface area contributed by atoms with Gasteiger partial charge in [-0.15, -0.1) is 0 Å². The van der Waals surface area contributed by atoms with Gasteiger partial charge in [-0.2, -0.15) is 0 Å². The Kier molecular flexibility index (Phi) is 6.25. The molecule has 32 heavy (non-hydrogen) atoms. The maximum Gasteiger partial charge on any atom is 0.171 e. The SMILES string of the molecule is COc1cc(/C=C2\CCCN(C(C)c3ccc(F)cc3)\C2=N\O)ccc1-n1cnc(C)c1. The number of amidine groups is 1. The van der Waals surface area contributed by atoms with E-state index in [1.165, 1.54) is 12.1 Å². The number of aryl methyl sites for hydroxylation is 1. The van der Waals surface area contributed by atoms with Crippen molar-refractivity contribution in [1.82, 2.24) is 14.5 Å². The van der Waals surface area contributed by atoms with Gasteiger partial charge in [-0.25, -0.2) is 9.37 Å². The predicted molar refractivity (Wildman–Crippen MR) is 123 cm³/mol. The summed E-state index contributed by atoms with van der Waals surface area (Å²) in [4.78, 5) is 6.34. The molecule has 0 aliphatic carbocycles. The number of hydrogen-bond donors (Lipinski definition) is 1. The van der Waals surface area contributed by atoms with Crippen LogP contribution in [0.4, 0.5) is 4.39 Å². The van der Waals surface area contributed by atoms with Crippen molar-refractivity contribution in [1.29, 1.82) is 0 Å². The summed E-state index contributed by atoms with van der Waals surface area (Å²) in [5.41, 5.74) is 4.70. The van der Waals surface area contributed by atoms with Crippen LogP contribution in [0.5, 0.6) is 5.75 Å². The molecule has 1 N–H and O–H groups in total. The lowest BCUT2D eigenvalue weighted by molar-refractivity contribution is 0.270. The molecule has 4 rings (SSSR count). The summed E-state index contributed by atoms with van der Waals surface area (Å²) in [6.45, 7) is 4.74. The van der Waals surface area contributed by atoms with Crippen molar-refractivity contribution >= 4 is 11.9 Å². The number of benzene rings is 2. The molecule has 1 saturated heterocycles. The number of likely N-dealkylation sites (tertiary alicyclic amines) is 1. The van der Waals surface area contributed by atoms with Gasteiger partial charge < -0.3 is 19.4 Å². The third-order valence-corrected chi connectivity index (χ3v) is 5.85. The monoisotopic (exact) mass is 434 g/mol. The van der Waals surface area contributed by atoms with Crippen molar-refractivity contribution in [3.63, 3.8) is 0 Å². The molecule has 1 aliphatic heterocycles. The fourth-order valence-electron chi connectivity index (χ4n) is 4.15. The summed E-state index contributed by atoms with van der Waals surface area (Å²) < 4.78 is 20.9. The van der Waals surface area contributed by atoms with Gasteiger partial charge in [-0.05, 0) is 73.7 Å². The van der Waals surface area contributed by atoms with E-state index in [1.54, 1.807) is 25.6 Å². The van der Waals surface area contributed by atoms with E-state index in [-0.39, 0.29) is 11.9 Å². The minimum atomic E-state index is -0.264. The lowest BCUT2D eigenvalue weighted by atomic mass is 9.97. The van der Waals surface area contributed by atoms with Gasteiger partial charge in [-0.1, -0.05) is 23.4 Å². The first-order chi connectivity index (χ1) is 15.5. The van der Waals surface area contributed by atoms with Crippen LogP contribution in [0.1, 0.15) is 42.6 Å². The largest absolute Gasteiger partial charge is 0.495 e. The molecule has 1 aliphatic rings. The van der Waals surface area contributed by atoms with E-state index in [1.807, 2.05) is 48.9 Å². The van der Waals surface area contributed by atoms with E-state index in [2.05, 4.69) is 15.0 Å². The molecule has 2 aromatic carbocycles. The maximum absolute atomic E-state index is 13.3. The van der Waals surface area contributed by atoms with E-state index >= 15 is 0 Å². The fourth-order valence-corrected chi connectivity index (χ4v) is 4.15. The summed E-state index contributed by atoms with van der Waals surface area (Å²) >= 11 is 0. The number of imidazole rings is 1. The Morgan fingerprint density at radius 3 is 2.66 bits per heavy atom. The number of piperidine rings is 1. The summed E-state index contributed by atoms with van der Waals surface area (Å²) in [6, 6.07) is 12.4. The van der Waals surface area contributed by atoms with Crippen molar-refractivity contribution in [3.05, 3.63) is 83.2 Å². The summed E-state index contributed by atoms with van der Waals surface area (Å²) in [5.74, 6) is 1.01. The second kappa shape index (κ2) is 9.26. The van der Waals surface area contributed by atoms with Gasteiger partial charge in [0.2, 0.25) is 0 Å². The molecule has 0 bridgehead atoms. The molecule has 6 nitrogen and oxygen atoms in total. The molecule has 1 fully saturated rings. The number of halogens is 1. The summed E-state index contributed by atoms with van der Waals surface area (Å²) in [7, 11) is 1.65. The minimum absolute atomic E-state index is 0.0495. The van der Waals surface area contributed by atoms with Crippen molar-refractivity contribution in [2.24, 2.45) is 5.16 Å². The van der Waals surface area contributed by atoms with Crippen molar-refractivity contribution in [3.8, 4) is 11.4 Å². The second-order valence-corrected chi connectivity index (χ2v) is 7.97. The zero-order valence-corrected chi connectivity index (χ0v) is 18.5. The third kappa shape index (κ3) is 4.37. The van der Waals surface area contributed by atoms with E-state index in [0.717, 1.165) is 53.2 Å². The van der Waals surface area contributed by atoms with Crippen LogP contribution < -0.4 is 4.74 Å². The first-order valence-corrected chi connectivity index (χ1v) is 10.6. The average Bonchev–Trinajstić information content (AvgIpc) is 3.24. The van der Waals surface area contributed by atoms with Crippen molar-refractivity contribution in [2.75, 3.05) is 13.7 Å². The van der Waals surface area contributed by atoms with Crippen LogP contribution in [0.15, 0.2) is 65.7 Å². The Bertz CT molecular complexity index is 1150. The van der Waals surface area contributed by atoms with Crippen LogP contribution in [0.2, 0.25) is 0 Å². The quantitative estimate of drug-likeness (QED) is 0.434. The first-order valence-electron chi connectivity index (χ1n) is 10.6. The predicted octanol–water partition coefficient (Wildman–Crippen LogP) is 5.36. The smallest absolute Gasteiger partial charge is 0.171 e. The normalized spacial score (nSPS) is 17.7. The molecule has 1 atom stereocenters. The highest BCUT2D eigenvalue weighted by molar-refractivity contribution is 6.02. The number of hydrogen-bond acceptors (Lipinski definition) is 4. The Morgan fingerprint density at radius 2 is 2.00 bits per heavy atom. The molecular weight excluding hydrogens is 407 g/mol. The van der Waals surface area contributed by atoms with Crippen LogP contribution in [0.25, 0.3) is 11.8 Å². The van der Waals surface area contributed by atoms with Gasteiger partial charge in [0, 0.05) is 12.7 Å². The van der Waals surface area contributed by atoms with Gasteiger partial charge in [0.25, 0.3) is 0 Å². The Morgan fingerprint density at radius 1 is 1.22 bits per heavy atom. The molecule has 7 heteroatoms. The first kappa shape index (κ1) is 21.6. The molecule has 0 amide bonds. The zero-order valence-electron chi connectivity index (χ0n) is 18.5. The highest BCUT2D eigenvalue weighted by Gasteiger charge is 2.27. The van der Waals surface area contributed by atoms with Crippen LogP contribution in [-0.2, 0) is 0 Å². The summed E-state index contributed by atoms with van der Waals surface area (Å²) in [5, 5.41) is 13.5. The molecule has 0 saturated carbocycles. The molecule has 0 radical (unpaired) electrons. The fraction of sp³-hybridized carbons (Fsp3) is 0.280. The van der Waals surface area contributed by atoms with Gasteiger partial charge in [0.1, 0.15) is 11.6 Å².